The van der Waals surface area contributed by atoms with Crippen molar-refractivity contribution in [3.05, 3.63) is 23.6 Å². The summed E-state index contributed by atoms with van der Waals surface area (Å²) in [6, 6.07) is 1.11. The van der Waals surface area contributed by atoms with E-state index >= 15 is 0 Å². The van der Waals surface area contributed by atoms with Gasteiger partial charge in [0.05, 0.1) is 11.8 Å². The van der Waals surface area contributed by atoms with Crippen molar-refractivity contribution in [2.75, 3.05) is 18.0 Å². The fourth-order valence-electron chi connectivity index (χ4n) is 1.97. The molecule has 2 rings (SSSR count). The van der Waals surface area contributed by atoms with E-state index in [1.165, 1.54) is 6.42 Å². The van der Waals surface area contributed by atoms with Crippen molar-refractivity contribution in [1.29, 1.82) is 0 Å². The molecule has 1 saturated heterocycles. The summed E-state index contributed by atoms with van der Waals surface area (Å²) >= 11 is 1.85. The van der Waals surface area contributed by atoms with E-state index in [-0.39, 0.29) is 22.0 Å². The fraction of sp³-hybridized carbons (Fsp3) is 0.500. The van der Waals surface area contributed by atoms with Crippen molar-refractivity contribution in [2.45, 2.75) is 24.5 Å². The van der Waals surface area contributed by atoms with Crippen molar-refractivity contribution in [2.24, 2.45) is 0 Å². The minimum atomic E-state index is -0.559. The standard InChI is InChI=1S/C12H16FN3OS/c1-12(3-2-4-18-12)7-16-11(17)9-5-8(13)6-15-10(9)14/h5-6H,2-4,7H2,1H3,(H2,14,15)(H,16,17). The Kier molecular flexibility index (Phi) is 3.75. The van der Waals surface area contributed by atoms with Crippen LogP contribution < -0.4 is 11.1 Å². The number of pyridine rings is 1. The monoisotopic (exact) mass is 269 g/mol. The SMILES string of the molecule is CC1(CNC(=O)c2cc(F)cnc2N)CCCS1. The number of nitrogens with two attached hydrogens (primary N) is 1. The molecule has 18 heavy (non-hydrogen) atoms. The number of hydrogen-bond acceptors (Lipinski definition) is 4. The Morgan fingerprint density at radius 3 is 3.17 bits per heavy atom. The second kappa shape index (κ2) is 5.14. The normalized spacial score (nSPS) is 23.0. The molecule has 2 heterocycles. The van der Waals surface area contributed by atoms with Crippen LogP contribution in [0, 0.1) is 5.82 Å². The van der Waals surface area contributed by atoms with Crippen LogP contribution >= 0.6 is 11.8 Å². The van der Waals surface area contributed by atoms with Crippen LogP contribution in [0.15, 0.2) is 12.3 Å². The maximum atomic E-state index is 13.0. The Bertz CT molecular complexity index is 461. The molecule has 1 unspecified atom stereocenters. The van der Waals surface area contributed by atoms with Crippen LogP contribution in [0.3, 0.4) is 0 Å². The summed E-state index contributed by atoms with van der Waals surface area (Å²) in [5.74, 6) is 0.248. The van der Waals surface area contributed by atoms with E-state index in [0.717, 1.165) is 24.4 Å². The third-order valence-electron chi connectivity index (χ3n) is 3.05. The molecular formula is C12H16FN3OS. The topological polar surface area (TPSA) is 68.0 Å². The Morgan fingerprint density at radius 2 is 2.50 bits per heavy atom. The molecule has 6 heteroatoms. The molecule has 1 amide bonds. The molecule has 0 saturated carbocycles. The maximum Gasteiger partial charge on any atom is 0.255 e. The molecule has 0 aliphatic carbocycles. The molecule has 1 aliphatic rings. The molecule has 4 nitrogen and oxygen atoms in total. The predicted molar refractivity (Wildman–Crippen MR) is 71.0 cm³/mol. The lowest BCUT2D eigenvalue weighted by atomic mass is 10.1. The van der Waals surface area contributed by atoms with Gasteiger partial charge in [0.15, 0.2) is 0 Å². The van der Waals surface area contributed by atoms with E-state index in [4.69, 9.17) is 5.73 Å². The number of amides is 1. The number of carbonyl (C=O) groups is 1. The van der Waals surface area contributed by atoms with Gasteiger partial charge in [-0.05, 0) is 31.6 Å². The molecule has 0 bridgehead atoms. The lowest BCUT2D eigenvalue weighted by Crippen LogP contribution is -2.37. The summed E-state index contributed by atoms with van der Waals surface area (Å²) in [5.41, 5.74) is 5.66. The number of rotatable bonds is 3. The maximum absolute atomic E-state index is 13.0. The first kappa shape index (κ1) is 13.1. The molecular weight excluding hydrogens is 253 g/mol. The van der Waals surface area contributed by atoms with Crippen LogP contribution in [0.25, 0.3) is 0 Å². The number of carbonyl (C=O) groups excluding carboxylic acids is 1. The quantitative estimate of drug-likeness (QED) is 0.878. The van der Waals surface area contributed by atoms with Gasteiger partial charge in [-0.25, -0.2) is 9.37 Å². The predicted octanol–water partition coefficient (Wildman–Crippen LogP) is 1.82. The molecule has 0 spiro atoms. The molecule has 1 aliphatic heterocycles. The highest BCUT2D eigenvalue weighted by Crippen LogP contribution is 2.37. The second-order valence-corrected chi connectivity index (χ2v) is 6.35. The molecule has 98 valence electrons. The van der Waals surface area contributed by atoms with E-state index in [1.807, 2.05) is 11.8 Å². The van der Waals surface area contributed by atoms with Gasteiger partial charge in [-0.1, -0.05) is 0 Å². The fourth-order valence-corrected chi connectivity index (χ4v) is 3.21. The Balaban J connectivity index is 2.01. The van der Waals surface area contributed by atoms with Crippen molar-refractivity contribution in [3.63, 3.8) is 0 Å². The highest BCUT2D eigenvalue weighted by atomic mass is 32.2. The van der Waals surface area contributed by atoms with Crippen molar-refractivity contribution in [1.82, 2.24) is 10.3 Å². The van der Waals surface area contributed by atoms with E-state index in [1.54, 1.807) is 0 Å². The molecule has 1 aromatic rings. The summed E-state index contributed by atoms with van der Waals surface area (Å²) in [7, 11) is 0. The average molecular weight is 269 g/mol. The number of thioether (sulfide) groups is 1. The largest absolute Gasteiger partial charge is 0.383 e. The van der Waals surface area contributed by atoms with Crippen molar-refractivity contribution < 1.29 is 9.18 Å². The van der Waals surface area contributed by atoms with E-state index < -0.39 is 5.82 Å². The minimum Gasteiger partial charge on any atom is -0.383 e. The zero-order chi connectivity index (χ0) is 13.2. The highest BCUT2D eigenvalue weighted by Gasteiger charge is 2.30. The number of halogens is 1. The summed E-state index contributed by atoms with van der Waals surface area (Å²) in [5, 5.41) is 2.80. The van der Waals surface area contributed by atoms with Gasteiger partial charge in [0, 0.05) is 11.3 Å². The van der Waals surface area contributed by atoms with Crippen molar-refractivity contribution >= 4 is 23.5 Å². The van der Waals surface area contributed by atoms with Crippen molar-refractivity contribution in [3.8, 4) is 0 Å². The third kappa shape index (κ3) is 2.93. The van der Waals surface area contributed by atoms with Gasteiger partial charge in [-0.3, -0.25) is 4.79 Å². The number of hydrogen-bond donors (Lipinski definition) is 2. The van der Waals surface area contributed by atoms with Gasteiger partial charge in [-0.15, -0.1) is 0 Å². The van der Waals surface area contributed by atoms with Crippen LogP contribution in [0.2, 0.25) is 0 Å². The summed E-state index contributed by atoms with van der Waals surface area (Å²) in [6.07, 6.45) is 3.25. The molecule has 1 aromatic heterocycles. The zero-order valence-corrected chi connectivity index (χ0v) is 11.0. The van der Waals surface area contributed by atoms with Gasteiger partial charge < -0.3 is 11.1 Å². The number of nitrogen functional groups attached to an aromatic ring is 1. The molecule has 1 fully saturated rings. The lowest BCUT2D eigenvalue weighted by molar-refractivity contribution is 0.0950. The number of nitrogens with zero attached hydrogens (tertiary/aromatic N) is 1. The van der Waals surface area contributed by atoms with Crippen LogP contribution in [-0.2, 0) is 0 Å². The number of nitrogens with one attached hydrogen (secondary N) is 1. The first-order chi connectivity index (χ1) is 8.50. The minimum absolute atomic E-state index is 0.0538. The van der Waals surface area contributed by atoms with E-state index in [2.05, 4.69) is 17.2 Å². The Hall–Kier alpha value is -1.30. The lowest BCUT2D eigenvalue weighted by Gasteiger charge is -2.22. The second-order valence-electron chi connectivity index (χ2n) is 4.67. The average Bonchev–Trinajstić information content (AvgIpc) is 2.77. The van der Waals surface area contributed by atoms with E-state index in [9.17, 15) is 9.18 Å². The smallest absolute Gasteiger partial charge is 0.255 e. The molecule has 0 aromatic carbocycles. The summed E-state index contributed by atoms with van der Waals surface area (Å²) in [6.45, 7) is 2.69. The van der Waals surface area contributed by atoms with Crippen LogP contribution in [0.5, 0.6) is 0 Å². The van der Waals surface area contributed by atoms with Gasteiger partial charge in [0.1, 0.15) is 11.6 Å². The van der Waals surface area contributed by atoms with Crippen LogP contribution in [0.1, 0.15) is 30.1 Å². The number of aromatic nitrogens is 1. The summed E-state index contributed by atoms with van der Waals surface area (Å²) in [4.78, 5) is 15.5. The molecule has 0 radical (unpaired) electrons. The zero-order valence-electron chi connectivity index (χ0n) is 10.2. The number of anilines is 1. The highest BCUT2D eigenvalue weighted by molar-refractivity contribution is 8.00. The van der Waals surface area contributed by atoms with Gasteiger partial charge >= 0.3 is 0 Å². The van der Waals surface area contributed by atoms with E-state index in [0.29, 0.717) is 6.54 Å². The molecule has 1 atom stereocenters. The Labute approximate surface area is 110 Å². The van der Waals surface area contributed by atoms with Gasteiger partial charge in [0.2, 0.25) is 0 Å². The molecule has 3 N–H and O–H groups in total. The van der Waals surface area contributed by atoms with Gasteiger partial charge in [-0.2, -0.15) is 11.8 Å². The third-order valence-corrected chi connectivity index (χ3v) is 4.59. The summed E-state index contributed by atoms with van der Waals surface area (Å²) < 4.78 is 13.1. The first-order valence-electron chi connectivity index (χ1n) is 5.83. The van der Waals surface area contributed by atoms with Crippen LogP contribution in [0.4, 0.5) is 10.2 Å². The van der Waals surface area contributed by atoms with Crippen LogP contribution in [-0.4, -0.2) is 27.9 Å². The first-order valence-corrected chi connectivity index (χ1v) is 6.82. The Morgan fingerprint density at radius 1 is 1.72 bits per heavy atom. The van der Waals surface area contributed by atoms with Gasteiger partial charge in [0.25, 0.3) is 5.91 Å².